The molecule has 2 aromatic rings. The van der Waals surface area contributed by atoms with Gasteiger partial charge in [0.15, 0.2) is 0 Å². The molecule has 0 saturated heterocycles. The lowest BCUT2D eigenvalue weighted by atomic mass is 10.1. The van der Waals surface area contributed by atoms with Crippen LogP contribution in [0.3, 0.4) is 0 Å². The Hall–Kier alpha value is -3.37. The zero-order valence-electron chi connectivity index (χ0n) is 16.7. The summed E-state index contributed by atoms with van der Waals surface area (Å²) < 4.78 is 22.4. The second-order valence-corrected chi connectivity index (χ2v) is 6.43. The molecule has 1 N–H and O–H groups in total. The Morgan fingerprint density at radius 3 is 2.57 bits per heavy atom. The fourth-order valence-electron chi connectivity index (χ4n) is 2.95. The number of hydrogen-bond acceptors (Lipinski definition) is 9. The fourth-order valence-corrected chi connectivity index (χ4v) is 2.95. The topological polar surface area (TPSA) is 112 Å². The molecule has 0 amide bonds. The Morgan fingerprint density at radius 2 is 1.93 bits per heavy atom. The van der Waals surface area contributed by atoms with Gasteiger partial charge in [-0.05, 0) is 24.3 Å². The molecule has 0 fully saturated rings. The number of nitrogens with zero attached hydrogens (tertiary/aromatic N) is 3. The van der Waals surface area contributed by atoms with Crippen molar-refractivity contribution in [2.45, 2.75) is 12.6 Å². The van der Waals surface area contributed by atoms with Gasteiger partial charge in [0.25, 0.3) is 0 Å². The molecule has 10 nitrogen and oxygen atoms in total. The highest BCUT2D eigenvalue weighted by atomic mass is 16.5. The SMILES string of the molecule is COC(=O)C1=C(C(=O)OC)N(c2ccc(OCC(O)Cn3ccnc3)cc2)COC1. The van der Waals surface area contributed by atoms with Crippen LogP contribution in [0.1, 0.15) is 0 Å². The Balaban J connectivity index is 1.71. The van der Waals surface area contributed by atoms with Crippen LogP contribution in [0.2, 0.25) is 0 Å². The number of ether oxygens (including phenoxy) is 4. The molecule has 10 heteroatoms. The number of carbonyl (C=O) groups is 2. The normalized spacial score (nSPS) is 15.0. The molecule has 1 aliphatic heterocycles. The van der Waals surface area contributed by atoms with Crippen LogP contribution < -0.4 is 9.64 Å². The van der Waals surface area contributed by atoms with Crippen LogP contribution in [-0.2, 0) is 30.3 Å². The molecule has 1 unspecified atom stereocenters. The summed E-state index contributed by atoms with van der Waals surface area (Å²) in [6.45, 7) is 0.481. The van der Waals surface area contributed by atoms with E-state index in [1.165, 1.54) is 19.1 Å². The van der Waals surface area contributed by atoms with Crippen molar-refractivity contribution >= 4 is 17.6 Å². The molecule has 0 spiro atoms. The number of aromatic nitrogens is 2. The van der Waals surface area contributed by atoms with Gasteiger partial charge in [0.2, 0.25) is 0 Å². The van der Waals surface area contributed by atoms with E-state index in [1.54, 1.807) is 47.6 Å². The Morgan fingerprint density at radius 1 is 1.20 bits per heavy atom. The van der Waals surface area contributed by atoms with Gasteiger partial charge >= 0.3 is 11.9 Å². The third-order valence-electron chi connectivity index (χ3n) is 4.40. The molecule has 3 rings (SSSR count). The average molecular weight is 417 g/mol. The molecular weight excluding hydrogens is 394 g/mol. The number of anilines is 1. The van der Waals surface area contributed by atoms with Gasteiger partial charge < -0.3 is 33.5 Å². The number of rotatable bonds is 8. The molecule has 160 valence electrons. The minimum Gasteiger partial charge on any atom is -0.491 e. The van der Waals surface area contributed by atoms with E-state index >= 15 is 0 Å². The van der Waals surface area contributed by atoms with Crippen molar-refractivity contribution in [3.8, 4) is 5.75 Å². The van der Waals surface area contributed by atoms with Crippen molar-refractivity contribution < 1.29 is 33.6 Å². The van der Waals surface area contributed by atoms with E-state index in [0.29, 0.717) is 18.0 Å². The second kappa shape index (κ2) is 9.90. The number of aliphatic hydroxyl groups is 1. The maximum absolute atomic E-state index is 12.3. The minimum absolute atomic E-state index is 0.0520. The van der Waals surface area contributed by atoms with Gasteiger partial charge in [0, 0.05) is 18.1 Å². The first kappa shape index (κ1) is 21.3. The molecule has 1 aromatic heterocycles. The molecule has 0 aliphatic carbocycles. The monoisotopic (exact) mass is 417 g/mol. The van der Waals surface area contributed by atoms with Crippen molar-refractivity contribution in [3.63, 3.8) is 0 Å². The maximum Gasteiger partial charge on any atom is 0.355 e. The predicted molar refractivity (Wildman–Crippen MR) is 105 cm³/mol. The molecule has 1 aromatic carbocycles. The third kappa shape index (κ3) is 4.97. The summed E-state index contributed by atoms with van der Waals surface area (Å²) in [5, 5.41) is 10.1. The lowest BCUT2D eigenvalue weighted by Crippen LogP contribution is -2.38. The molecule has 0 saturated carbocycles. The van der Waals surface area contributed by atoms with Gasteiger partial charge in [-0.1, -0.05) is 0 Å². The van der Waals surface area contributed by atoms with Crippen molar-refractivity contribution in [2.24, 2.45) is 0 Å². The average Bonchev–Trinajstić information content (AvgIpc) is 3.29. The van der Waals surface area contributed by atoms with Gasteiger partial charge in [0.1, 0.15) is 30.9 Å². The summed E-state index contributed by atoms with van der Waals surface area (Å²) in [7, 11) is 2.47. The summed E-state index contributed by atoms with van der Waals surface area (Å²) in [5.74, 6) is -0.785. The zero-order valence-corrected chi connectivity index (χ0v) is 16.7. The second-order valence-electron chi connectivity index (χ2n) is 6.43. The van der Waals surface area contributed by atoms with E-state index in [-0.39, 0.29) is 31.2 Å². The molecular formula is C20H23N3O7. The van der Waals surface area contributed by atoms with Gasteiger partial charge in [0.05, 0.1) is 39.3 Å². The van der Waals surface area contributed by atoms with E-state index < -0.39 is 18.0 Å². The van der Waals surface area contributed by atoms with E-state index in [4.69, 9.17) is 18.9 Å². The predicted octanol–water partition coefficient (Wildman–Crippen LogP) is 0.717. The number of hydrogen-bond donors (Lipinski definition) is 1. The molecule has 1 aliphatic rings. The Labute approximate surface area is 173 Å². The van der Waals surface area contributed by atoms with Crippen molar-refractivity contribution in [1.82, 2.24) is 9.55 Å². The standard InChI is InChI=1S/C20H23N3O7/c1-27-19(25)17-11-29-13-23(18(17)20(26)28-2)14-3-5-16(6-4-14)30-10-15(24)9-22-8-7-21-12-22/h3-8,12,15,24H,9-11,13H2,1-2H3. The van der Waals surface area contributed by atoms with E-state index in [1.807, 2.05) is 0 Å². The van der Waals surface area contributed by atoms with E-state index in [9.17, 15) is 14.7 Å². The maximum atomic E-state index is 12.3. The first-order valence-corrected chi connectivity index (χ1v) is 9.15. The van der Waals surface area contributed by atoms with Crippen LogP contribution in [0.4, 0.5) is 5.69 Å². The highest BCUT2D eigenvalue weighted by Crippen LogP contribution is 2.28. The summed E-state index contributed by atoms with van der Waals surface area (Å²) in [4.78, 5) is 29.8. The van der Waals surface area contributed by atoms with Crippen molar-refractivity contribution in [1.29, 1.82) is 0 Å². The number of methoxy groups -OCH3 is 2. The summed E-state index contributed by atoms with van der Waals surface area (Å²) in [6.07, 6.45) is 4.31. The highest BCUT2D eigenvalue weighted by Gasteiger charge is 2.32. The Bertz CT molecular complexity index is 894. The van der Waals surface area contributed by atoms with Crippen molar-refractivity contribution in [3.05, 3.63) is 54.3 Å². The largest absolute Gasteiger partial charge is 0.491 e. The number of imidazole rings is 1. The number of carbonyl (C=O) groups excluding carboxylic acids is 2. The van der Waals surface area contributed by atoms with Gasteiger partial charge in [-0.3, -0.25) is 0 Å². The molecule has 0 bridgehead atoms. The van der Waals surface area contributed by atoms with Crippen LogP contribution in [0, 0.1) is 0 Å². The zero-order chi connectivity index (χ0) is 21.5. The summed E-state index contributed by atoms with van der Waals surface area (Å²) in [5.41, 5.74) is 0.751. The molecule has 0 radical (unpaired) electrons. The van der Waals surface area contributed by atoms with Gasteiger partial charge in [-0.2, -0.15) is 0 Å². The molecule has 1 atom stereocenters. The lowest BCUT2D eigenvalue weighted by Gasteiger charge is -2.31. The van der Waals surface area contributed by atoms with Crippen LogP contribution in [0.25, 0.3) is 0 Å². The smallest absolute Gasteiger partial charge is 0.355 e. The lowest BCUT2D eigenvalue weighted by molar-refractivity contribution is -0.140. The van der Waals surface area contributed by atoms with Crippen LogP contribution in [-0.4, -0.2) is 66.9 Å². The Kier molecular flexibility index (Phi) is 7.04. The minimum atomic E-state index is -0.703. The molecule has 2 heterocycles. The number of aliphatic hydroxyl groups excluding tert-OH is 1. The summed E-state index contributed by atoms with van der Waals surface area (Å²) >= 11 is 0. The third-order valence-corrected chi connectivity index (χ3v) is 4.40. The fraction of sp³-hybridized carbons (Fsp3) is 0.350. The van der Waals surface area contributed by atoms with Crippen molar-refractivity contribution in [2.75, 3.05) is 39.1 Å². The molecule has 30 heavy (non-hydrogen) atoms. The van der Waals surface area contributed by atoms with Crippen LogP contribution in [0.15, 0.2) is 54.3 Å². The van der Waals surface area contributed by atoms with E-state index in [2.05, 4.69) is 4.98 Å². The van der Waals surface area contributed by atoms with Gasteiger partial charge in [-0.15, -0.1) is 0 Å². The van der Waals surface area contributed by atoms with Gasteiger partial charge in [-0.25, -0.2) is 14.6 Å². The van der Waals surface area contributed by atoms with E-state index in [0.717, 1.165) is 0 Å². The first-order valence-electron chi connectivity index (χ1n) is 9.15. The quantitative estimate of drug-likeness (QED) is 0.621. The summed E-state index contributed by atoms with van der Waals surface area (Å²) in [6, 6.07) is 6.81. The highest BCUT2D eigenvalue weighted by molar-refractivity contribution is 6.03. The first-order chi connectivity index (χ1) is 14.5. The number of esters is 2. The number of benzene rings is 1. The van der Waals surface area contributed by atoms with Crippen LogP contribution in [0.5, 0.6) is 5.75 Å². The van der Waals surface area contributed by atoms with Crippen LogP contribution >= 0.6 is 0 Å².